The Morgan fingerprint density at radius 2 is 1.95 bits per heavy atom. The summed E-state index contributed by atoms with van der Waals surface area (Å²) in [7, 11) is 0. The zero-order valence-corrected chi connectivity index (χ0v) is 12.7. The van der Waals surface area contributed by atoms with Crippen molar-refractivity contribution >= 4 is 0 Å². The monoisotopic (exact) mass is 267 g/mol. The molecule has 2 aromatic rings. The van der Waals surface area contributed by atoms with Crippen LogP contribution in [0.5, 0.6) is 0 Å². The summed E-state index contributed by atoms with van der Waals surface area (Å²) in [4.78, 5) is 4.08. The number of aliphatic hydroxyl groups is 1. The van der Waals surface area contributed by atoms with Gasteiger partial charge in [-0.15, -0.1) is 0 Å². The van der Waals surface area contributed by atoms with Crippen molar-refractivity contribution in [3.8, 4) is 0 Å². The van der Waals surface area contributed by atoms with Gasteiger partial charge in [-0.2, -0.15) is 6.42 Å². The third-order valence-electron chi connectivity index (χ3n) is 2.62. The van der Waals surface area contributed by atoms with Gasteiger partial charge in [0, 0.05) is 12.6 Å². The first-order valence-corrected chi connectivity index (χ1v) is 6.69. The fourth-order valence-corrected chi connectivity index (χ4v) is 1.41. The van der Waals surface area contributed by atoms with Crippen molar-refractivity contribution < 1.29 is 28.4 Å². The maximum absolute atomic E-state index is 9.94. The summed E-state index contributed by atoms with van der Waals surface area (Å²) in [6, 6.07) is 9.10. The number of aromatic nitrogens is 1. The minimum Gasteiger partial charge on any atom is -0.463 e. The molecule has 0 aliphatic rings. The largest absolute Gasteiger partial charge is 1.00 e. The van der Waals surface area contributed by atoms with Crippen LogP contribution in [-0.4, -0.2) is 10.1 Å². The Hall–Kier alpha value is -1.01. The second kappa shape index (κ2) is 10.7. The number of unbranched alkanes of at least 4 members (excludes halogenated alkanes) is 1. The normalized spacial score (nSPS) is 11.0. The molecular weight excluding hydrogens is 245 g/mol. The molecular formula is C16H22LiNO2. The summed E-state index contributed by atoms with van der Waals surface area (Å²) in [6.45, 7) is 7.73. The van der Waals surface area contributed by atoms with E-state index in [9.17, 15) is 5.11 Å². The zero-order valence-electron chi connectivity index (χ0n) is 12.7. The average molecular weight is 267 g/mol. The number of aliphatic hydroxyl groups excluding tert-OH is 1. The van der Waals surface area contributed by atoms with E-state index in [-0.39, 0.29) is 18.9 Å². The molecule has 0 spiro atoms. The minimum atomic E-state index is -0.772. The van der Waals surface area contributed by atoms with Gasteiger partial charge >= 0.3 is 18.9 Å². The minimum absolute atomic E-state index is 0. The van der Waals surface area contributed by atoms with Crippen molar-refractivity contribution in [3.63, 3.8) is 0 Å². The molecule has 0 saturated carbocycles. The summed E-state index contributed by atoms with van der Waals surface area (Å²) >= 11 is 0. The molecule has 2 heterocycles. The summed E-state index contributed by atoms with van der Waals surface area (Å²) < 4.78 is 5.46. The van der Waals surface area contributed by atoms with Gasteiger partial charge in [-0.3, -0.25) is 4.98 Å². The van der Waals surface area contributed by atoms with Crippen molar-refractivity contribution in [2.24, 2.45) is 0 Å². The number of furan rings is 1. The van der Waals surface area contributed by atoms with Crippen LogP contribution in [0.1, 0.15) is 50.0 Å². The number of nitrogens with zero attached hydrogens (tertiary/aromatic N) is 1. The molecule has 1 unspecified atom stereocenters. The first-order chi connectivity index (χ1) is 9.22. The van der Waals surface area contributed by atoms with E-state index in [1.807, 2.05) is 25.1 Å². The molecule has 2 rings (SSSR count). The number of hydrogen-bond donors (Lipinski definition) is 1. The number of rotatable bonds is 4. The first kappa shape index (κ1) is 19.0. The van der Waals surface area contributed by atoms with E-state index in [4.69, 9.17) is 4.42 Å². The van der Waals surface area contributed by atoms with Crippen LogP contribution >= 0.6 is 0 Å². The zero-order chi connectivity index (χ0) is 14.1. The quantitative estimate of drug-likeness (QED) is 0.662. The molecule has 4 heteroatoms. The van der Waals surface area contributed by atoms with Gasteiger partial charge < -0.3 is 16.4 Å². The average Bonchev–Trinajstić information content (AvgIpc) is 2.96. The van der Waals surface area contributed by atoms with Crippen LogP contribution in [0.2, 0.25) is 0 Å². The van der Waals surface area contributed by atoms with Gasteiger partial charge in [0.25, 0.3) is 0 Å². The smallest absolute Gasteiger partial charge is 0.463 e. The van der Waals surface area contributed by atoms with Gasteiger partial charge in [-0.25, -0.2) is 0 Å². The Morgan fingerprint density at radius 3 is 2.40 bits per heavy atom. The predicted molar refractivity (Wildman–Crippen MR) is 76.6 cm³/mol. The molecule has 2 aromatic heterocycles. The molecule has 0 saturated heterocycles. The Kier molecular flexibility index (Phi) is 10.2. The Bertz CT molecular complexity index is 455. The second-order valence-electron chi connectivity index (χ2n) is 4.17. The maximum Gasteiger partial charge on any atom is 1.00 e. The van der Waals surface area contributed by atoms with Crippen LogP contribution in [0.25, 0.3) is 0 Å². The summed E-state index contributed by atoms with van der Waals surface area (Å²) in [5.41, 5.74) is 0.606. The van der Waals surface area contributed by atoms with Crippen molar-refractivity contribution in [1.82, 2.24) is 4.98 Å². The van der Waals surface area contributed by atoms with Crippen LogP contribution in [0, 0.1) is 6.92 Å². The van der Waals surface area contributed by atoms with Gasteiger partial charge in [-0.1, -0.05) is 26.3 Å². The molecule has 0 aliphatic heterocycles. The van der Waals surface area contributed by atoms with Crippen molar-refractivity contribution in [1.29, 1.82) is 0 Å². The molecule has 3 nitrogen and oxygen atoms in total. The molecule has 0 amide bonds. The van der Waals surface area contributed by atoms with Gasteiger partial charge in [0.2, 0.25) is 0 Å². The van der Waals surface area contributed by atoms with E-state index in [1.165, 1.54) is 6.42 Å². The summed E-state index contributed by atoms with van der Waals surface area (Å²) in [5.74, 6) is 1.42. The van der Waals surface area contributed by atoms with Gasteiger partial charge in [0.1, 0.15) is 11.5 Å². The third-order valence-corrected chi connectivity index (χ3v) is 2.62. The maximum atomic E-state index is 9.94. The number of hydrogen-bond acceptors (Lipinski definition) is 3. The standard InChI is InChI=1S/C12H13NO2.C4H9.Li/c1-2-9-6-7-11(15-9)12(14)10-5-3-4-8-13-10;1-3-4-2;/h3-8,12,14H,2H2,1H3;1,3-4H2,2H3;/q;-1;+1. The van der Waals surface area contributed by atoms with Crippen LogP contribution in [0.15, 0.2) is 40.9 Å². The first-order valence-electron chi connectivity index (χ1n) is 6.69. The van der Waals surface area contributed by atoms with Crippen molar-refractivity contribution in [2.45, 2.75) is 39.2 Å². The molecule has 1 atom stereocenters. The summed E-state index contributed by atoms with van der Waals surface area (Å²) in [6.07, 6.45) is 3.99. The Balaban J connectivity index is 0.000000644. The number of pyridine rings is 1. The summed E-state index contributed by atoms with van der Waals surface area (Å²) in [5, 5.41) is 9.94. The molecule has 104 valence electrons. The molecule has 0 radical (unpaired) electrons. The van der Waals surface area contributed by atoms with E-state index in [1.54, 1.807) is 18.3 Å². The van der Waals surface area contributed by atoms with E-state index >= 15 is 0 Å². The van der Waals surface area contributed by atoms with Crippen molar-refractivity contribution in [3.05, 3.63) is 60.7 Å². The Morgan fingerprint density at radius 1 is 1.25 bits per heavy atom. The van der Waals surface area contributed by atoms with Crippen LogP contribution in [-0.2, 0) is 6.42 Å². The predicted octanol–water partition coefficient (Wildman–Crippen LogP) is 0.943. The third kappa shape index (κ3) is 5.96. The van der Waals surface area contributed by atoms with Crippen LogP contribution in [0.3, 0.4) is 0 Å². The van der Waals surface area contributed by atoms with E-state index in [2.05, 4.69) is 18.8 Å². The van der Waals surface area contributed by atoms with Gasteiger partial charge in [0.15, 0.2) is 6.10 Å². The molecule has 20 heavy (non-hydrogen) atoms. The van der Waals surface area contributed by atoms with E-state index in [0.29, 0.717) is 11.5 Å². The second-order valence-corrected chi connectivity index (χ2v) is 4.17. The molecule has 0 fully saturated rings. The topological polar surface area (TPSA) is 46.3 Å². The van der Waals surface area contributed by atoms with Gasteiger partial charge in [0.05, 0.1) is 5.69 Å². The fourth-order valence-electron chi connectivity index (χ4n) is 1.41. The molecule has 0 aliphatic carbocycles. The van der Waals surface area contributed by atoms with Crippen LogP contribution < -0.4 is 18.9 Å². The van der Waals surface area contributed by atoms with E-state index < -0.39 is 6.10 Å². The SMILES string of the molecule is CCc1ccc(C(O)c2ccccn2)o1.[CH2-]CCC.[Li+]. The van der Waals surface area contributed by atoms with Crippen molar-refractivity contribution in [2.75, 3.05) is 0 Å². The fraction of sp³-hybridized carbons (Fsp3) is 0.375. The van der Waals surface area contributed by atoms with E-state index in [0.717, 1.165) is 18.6 Å². The van der Waals surface area contributed by atoms with Gasteiger partial charge in [-0.05, 0) is 24.3 Å². The molecule has 0 bridgehead atoms. The molecule has 0 aromatic carbocycles. The number of aryl methyl sites for hydroxylation is 1. The van der Waals surface area contributed by atoms with Crippen LogP contribution in [0.4, 0.5) is 0 Å². The molecule has 1 N–H and O–H groups in total. The Labute approximate surface area is 133 Å².